The van der Waals surface area contributed by atoms with E-state index in [1.807, 2.05) is 0 Å². The van der Waals surface area contributed by atoms with E-state index in [9.17, 15) is 4.79 Å². The molecule has 2 rings (SSSR count). The van der Waals surface area contributed by atoms with E-state index in [2.05, 4.69) is 15.5 Å². The van der Waals surface area contributed by atoms with Crippen molar-refractivity contribution in [1.29, 1.82) is 0 Å². The van der Waals surface area contributed by atoms with Gasteiger partial charge in [-0.3, -0.25) is 10.1 Å². The van der Waals surface area contributed by atoms with E-state index in [-0.39, 0.29) is 5.91 Å². The molecule has 5 nitrogen and oxygen atoms in total. The van der Waals surface area contributed by atoms with Gasteiger partial charge in [0.15, 0.2) is 0 Å². The quantitative estimate of drug-likeness (QED) is 0.898. The Labute approximate surface area is 113 Å². The predicted molar refractivity (Wildman–Crippen MR) is 72.1 cm³/mol. The number of nitrogens with one attached hydrogen (secondary N) is 1. The van der Waals surface area contributed by atoms with Gasteiger partial charge < -0.3 is 5.73 Å². The Hall–Kier alpha value is -1.50. The summed E-state index contributed by atoms with van der Waals surface area (Å²) in [7, 11) is 0. The molecule has 1 amide bonds. The second kappa shape index (κ2) is 5.90. The number of carbonyl (C=O) groups is 1. The van der Waals surface area contributed by atoms with Crippen molar-refractivity contribution in [3.63, 3.8) is 0 Å². The molecule has 0 atom stereocenters. The van der Waals surface area contributed by atoms with Crippen LogP contribution in [0.3, 0.4) is 0 Å². The number of amides is 1. The van der Waals surface area contributed by atoms with E-state index in [0.717, 1.165) is 5.01 Å². The van der Waals surface area contributed by atoms with Gasteiger partial charge in [-0.2, -0.15) is 0 Å². The number of hydrogen-bond donors (Lipinski definition) is 2. The van der Waals surface area contributed by atoms with Crippen LogP contribution < -0.4 is 11.1 Å². The fourth-order valence-electron chi connectivity index (χ4n) is 1.33. The number of benzene rings is 1. The lowest BCUT2D eigenvalue weighted by atomic mass is 10.2. The van der Waals surface area contributed by atoms with Crippen molar-refractivity contribution >= 4 is 34.0 Å². The number of nitrogens with zero attached hydrogens (tertiary/aromatic N) is 2. The third-order valence-corrected chi connectivity index (χ3v) is 3.27. The normalized spacial score (nSPS) is 10.3. The zero-order valence-corrected chi connectivity index (χ0v) is 11.0. The second-order valence-electron chi connectivity index (χ2n) is 3.50. The summed E-state index contributed by atoms with van der Waals surface area (Å²) < 4.78 is 0. The number of anilines is 1. The van der Waals surface area contributed by atoms with E-state index in [1.165, 1.54) is 11.3 Å². The molecule has 0 saturated heterocycles. The van der Waals surface area contributed by atoms with E-state index < -0.39 is 0 Å². The SMILES string of the molecule is NCCc1nnc(NC(=O)c2cccc(Cl)c2)s1. The first kappa shape index (κ1) is 12.9. The third kappa shape index (κ3) is 3.25. The van der Waals surface area contributed by atoms with E-state index >= 15 is 0 Å². The average molecular weight is 283 g/mol. The first-order valence-electron chi connectivity index (χ1n) is 5.28. The molecule has 7 heteroatoms. The van der Waals surface area contributed by atoms with Crippen molar-refractivity contribution in [3.05, 3.63) is 39.9 Å². The highest BCUT2D eigenvalue weighted by Crippen LogP contribution is 2.17. The zero-order valence-electron chi connectivity index (χ0n) is 9.39. The monoisotopic (exact) mass is 282 g/mol. The van der Waals surface area contributed by atoms with Crippen LogP contribution in [0.2, 0.25) is 5.02 Å². The maximum absolute atomic E-state index is 11.9. The summed E-state index contributed by atoms with van der Waals surface area (Å²) in [4.78, 5) is 11.9. The molecule has 0 bridgehead atoms. The average Bonchev–Trinajstić information content (AvgIpc) is 2.77. The summed E-state index contributed by atoms with van der Waals surface area (Å²) in [5.41, 5.74) is 5.90. The Morgan fingerprint density at radius 2 is 2.28 bits per heavy atom. The summed E-state index contributed by atoms with van der Waals surface area (Å²) in [5.74, 6) is -0.257. The molecule has 0 aliphatic heterocycles. The van der Waals surface area contributed by atoms with Crippen molar-refractivity contribution in [2.45, 2.75) is 6.42 Å². The Morgan fingerprint density at radius 3 is 3.00 bits per heavy atom. The van der Waals surface area contributed by atoms with E-state index in [0.29, 0.717) is 28.7 Å². The van der Waals surface area contributed by atoms with E-state index in [4.69, 9.17) is 17.3 Å². The molecule has 1 aromatic carbocycles. The first-order chi connectivity index (χ1) is 8.69. The number of rotatable bonds is 4. The van der Waals surface area contributed by atoms with Gasteiger partial charge in [-0.15, -0.1) is 10.2 Å². The van der Waals surface area contributed by atoms with Gasteiger partial charge in [0.05, 0.1) is 0 Å². The number of halogens is 1. The van der Waals surface area contributed by atoms with Crippen LogP contribution in [0.5, 0.6) is 0 Å². The molecule has 0 unspecified atom stereocenters. The lowest BCUT2D eigenvalue weighted by Crippen LogP contribution is -2.11. The standard InChI is InChI=1S/C11H11ClN4OS/c12-8-3-1-2-7(6-8)10(17)14-11-16-15-9(18-11)4-5-13/h1-3,6H,4-5,13H2,(H,14,16,17). The predicted octanol–water partition coefficient (Wildman–Crippen LogP) is 1.94. The molecule has 0 spiro atoms. The zero-order chi connectivity index (χ0) is 13.0. The van der Waals surface area contributed by atoms with Crippen LogP contribution in [0, 0.1) is 0 Å². The van der Waals surface area contributed by atoms with Gasteiger partial charge in [-0.25, -0.2) is 0 Å². The highest BCUT2D eigenvalue weighted by atomic mass is 35.5. The number of aromatic nitrogens is 2. The Balaban J connectivity index is 2.06. The van der Waals surface area contributed by atoms with Crippen LogP contribution in [0.1, 0.15) is 15.4 Å². The summed E-state index contributed by atoms with van der Waals surface area (Å²) in [6.45, 7) is 0.511. The molecule has 0 radical (unpaired) electrons. The summed E-state index contributed by atoms with van der Waals surface area (Å²) in [6, 6.07) is 6.71. The van der Waals surface area contributed by atoms with Crippen LogP contribution in [-0.4, -0.2) is 22.6 Å². The number of nitrogens with two attached hydrogens (primary N) is 1. The molecule has 1 heterocycles. The largest absolute Gasteiger partial charge is 0.330 e. The smallest absolute Gasteiger partial charge is 0.257 e. The molecule has 0 aliphatic carbocycles. The Kier molecular flexibility index (Phi) is 4.24. The van der Waals surface area contributed by atoms with Crippen molar-refractivity contribution in [2.75, 3.05) is 11.9 Å². The van der Waals surface area contributed by atoms with Crippen LogP contribution in [-0.2, 0) is 6.42 Å². The minimum atomic E-state index is -0.257. The highest BCUT2D eigenvalue weighted by molar-refractivity contribution is 7.15. The minimum absolute atomic E-state index is 0.257. The van der Waals surface area contributed by atoms with Crippen LogP contribution >= 0.6 is 22.9 Å². The molecule has 94 valence electrons. The van der Waals surface area contributed by atoms with Gasteiger partial charge in [0.1, 0.15) is 5.01 Å². The van der Waals surface area contributed by atoms with Gasteiger partial charge in [-0.1, -0.05) is 29.0 Å². The molecule has 0 fully saturated rings. The maximum atomic E-state index is 11.9. The van der Waals surface area contributed by atoms with Crippen molar-refractivity contribution < 1.29 is 4.79 Å². The molecule has 0 aliphatic rings. The number of carbonyl (C=O) groups excluding carboxylic acids is 1. The fourth-order valence-corrected chi connectivity index (χ4v) is 2.27. The molecule has 2 aromatic rings. The van der Waals surface area contributed by atoms with Gasteiger partial charge in [0, 0.05) is 17.0 Å². The van der Waals surface area contributed by atoms with Crippen LogP contribution in [0.25, 0.3) is 0 Å². The lowest BCUT2D eigenvalue weighted by Gasteiger charge is -2.00. The molecule has 18 heavy (non-hydrogen) atoms. The second-order valence-corrected chi connectivity index (χ2v) is 5.00. The third-order valence-electron chi connectivity index (χ3n) is 2.13. The summed E-state index contributed by atoms with van der Waals surface area (Å²) in [6.07, 6.45) is 0.657. The number of hydrogen-bond acceptors (Lipinski definition) is 5. The van der Waals surface area contributed by atoms with Gasteiger partial charge in [0.25, 0.3) is 5.91 Å². The van der Waals surface area contributed by atoms with Crippen LogP contribution in [0.4, 0.5) is 5.13 Å². The maximum Gasteiger partial charge on any atom is 0.257 e. The molecular weight excluding hydrogens is 272 g/mol. The lowest BCUT2D eigenvalue weighted by molar-refractivity contribution is 0.102. The van der Waals surface area contributed by atoms with Crippen molar-refractivity contribution in [1.82, 2.24) is 10.2 Å². The molecule has 0 saturated carbocycles. The molecule has 3 N–H and O–H groups in total. The highest BCUT2D eigenvalue weighted by Gasteiger charge is 2.10. The first-order valence-corrected chi connectivity index (χ1v) is 6.48. The van der Waals surface area contributed by atoms with Gasteiger partial charge >= 0.3 is 0 Å². The minimum Gasteiger partial charge on any atom is -0.330 e. The van der Waals surface area contributed by atoms with Crippen molar-refractivity contribution in [3.8, 4) is 0 Å². The van der Waals surface area contributed by atoms with E-state index in [1.54, 1.807) is 24.3 Å². The molecular formula is C11H11ClN4OS. The Morgan fingerprint density at radius 1 is 1.44 bits per heavy atom. The summed E-state index contributed by atoms with van der Waals surface area (Å²) >= 11 is 7.14. The molecule has 1 aromatic heterocycles. The van der Waals surface area contributed by atoms with Crippen LogP contribution in [0.15, 0.2) is 24.3 Å². The summed E-state index contributed by atoms with van der Waals surface area (Å²) in [5, 5.41) is 12.2. The fraction of sp³-hybridized carbons (Fsp3) is 0.182. The topological polar surface area (TPSA) is 80.9 Å². The van der Waals surface area contributed by atoms with Crippen molar-refractivity contribution in [2.24, 2.45) is 5.73 Å². The Bertz CT molecular complexity index is 557. The van der Waals surface area contributed by atoms with Gasteiger partial charge in [0.2, 0.25) is 5.13 Å². The van der Waals surface area contributed by atoms with Gasteiger partial charge in [-0.05, 0) is 24.7 Å².